The summed E-state index contributed by atoms with van der Waals surface area (Å²) in [6.45, 7) is 0.986. The van der Waals surface area contributed by atoms with Crippen LogP contribution in [0.5, 0.6) is 0 Å². The summed E-state index contributed by atoms with van der Waals surface area (Å²) in [6, 6.07) is 10.3. The van der Waals surface area contributed by atoms with E-state index < -0.39 is 78.2 Å². The number of Topliss-reactive ketones (excluding diaryl/α,β-unsaturated/α-hetero) is 2. The van der Waals surface area contributed by atoms with Gasteiger partial charge in [0.2, 0.25) is 6.79 Å². The number of likely N-dealkylation sites (N-methyl/N-ethyl adjacent to an activating group) is 2. The molecule has 2 aliphatic carbocycles. The molecule has 2 fully saturated rings. The molecule has 3 N–H and O–H groups in total. The quantitative estimate of drug-likeness (QED) is 0.0870. The minimum Gasteiger partial charge on any atom is -0.480 e. The minimum atomic E-state index is -5.16. The average molecular weight is 994 g/mol. The zero-order valence-electron chi connectivity index (χ0n) is 35.1. The number of carbonyl (C=O) groups is 8. The first-order chi connectivity index (χ1) is 30.2. The number of carboxylic acid groups (broad SMARTS) is 1. The highest BCUT2D eigenvalue weighted by molar-refractivity contribution is 6.32. The van der Waals surface area contributed by atoms with Gasteiger partial charge in [-0.15, -0.1) is 0 Å². The van der Waals surface area contributed by atoms with Crippen LogP contribution in [-0.2, 0) is 54.1 Å². The van der Waals surface area contributed by atoms with Crippen molar-refractivity contribution in [3.63, 3.8) is 0 Å². The van der Waals surface area contributed by atoms with Gasteiger partial charge in [-0.3, -0.25) is 33.8 Å². The first-order valence-electron chi connectivity index (χ1n) is 19.3. The summed E-state index contributed by atoms with van der Waals surface area (Å²) >= 11 is 18.0. The van der Waals surface area contributed by atoms with Crippen LogP contribution in [0.25, 0.3) is 0 Å². The van der Waals surface area contributed by atoms with Crippen molar-refractivity contribution in [1.29, 1.82) is 0 Å². The minimum absolute atomic E-state index is 0.0177. The number of hydrogen-bond donors (Lipinski definition) is 3. The Bertz CT molecular complexity index is 2060. The van der Waals surface area contributed by atoms with Crippen LogP contribution in [0.1, 0.15) is 76.3 Å². The highest BCUT2D eigenvalue weighted by Gasteiger charge is 2.50. The number of esters is 1. The second-order valence-corrected chi connectivity index (χ2v) is 15.3. The normalized spacial score (nSPS) is 19.3. The van der Waals surface area contributed by atoms with Crippen molar-refractivity contribution in [3.8, 4) is 0 Å². The number of ether oxygens (including phenoxy) is 3. The number of alkyl halides is 7. The number of amides is 4. The monoisotopic (exact) mass is 992 g/mol. The molecule has 2 saturated carbocycles. The van der Waals surface area contributed by atoms with Crippen LogP contribution in [0.4, 0.5) is 35.9 Å². The van der Waals surface area contributed by atoms with Crippen LogP contribution in [0.15, 0.2) is 48.5 Å². The molecule has 2 aromatic rings. The van der Waals surface area contributed by atoms with E-state index in [0.717, 1.165) is 31.6 Å². The molecule has 0 saturated heterocycles. The molecule has 2 aromatic carbocycles. The fourth-order valence-corrected chi connectivity index (χ4v) is 7.43. The van der Waals surface area contributed by atoms with E-state index >= 15 is 0 Å². The molecule has 0 radical (unpaired) electrons. The first kappa shape index (κ1) is 55.8. The molecule has 65 heavy (non-hydrogen) atoms. The second kappa shape index (κ2) is 24.3. The molecular weight excluding hydrogens is 949 g/mol. The van der Waals surface area contributed by atoms with Gasteiger partial charge in [0.15, 0.2) is 17.6 Å². The Balaban J connectivity index is 0.000000376. The average Bonchev–Trinajstić information content (AvgIpc) is 3.24. The van der Waals surface area contributed by atoms with Gasteiger partial charge >= 0.3 is 48.3 Å². The van der Waals surface area contributed by atoms with Gasteiger partial charge in [0.25, 0.3) is 0 Å². The highest BCUT2D eigenvalue weighted by atomic mass is 35.5. The lowest BCUT2D eigenvalue weighted by Crippen LogP contribution is -2.54. The number of benzene rings is 2. The van der Waals surface area contributed by atoms with Crippen LogP contribution < -0.4 is 10.6 Å². The van der Waals surface area contributed by atoms with Crippen molar-refractivity contribution in [2.45, 2.75) is 101 Å². The van der Waals surface area contributed by atoms with E-state index in [-0.39, 0.29) is 24.1 Å². The zero-order chi connectivity index (χ0) is 49.5. The predicted octanol–water partition coefficient (Wildman–Crippen LogP) is 7.40. The highest BCUT2D eigenvalue weighted by Crippen LogP contribution is 2.44. The predicted molar refractivity (Wildman–Crippen MR) is 218 cm³/mol. The molecule has 0 bridgehead atoms. The number of nitrogens with zero attached hydrogens (tertiary/aromatic N) is 2. The number of carbonyl (C=O) groups excluding carboxylic acids is 7. The SMILES string of the molecule is CN(C(=O)OCCl)[C@]1(c2ccccc2Cl)CCCCC1=O.C[C@H](NC(=O)C(F)(F)F)C(=O)O.C[C@H](NC(=O)C(F)(F)F)C(=O)OCOC(=O)N(C)[C@]1(c2ccccc2Cl)CCCCC1=O. The van der Waals surface area contributed by atoms with Crippen LogP contribution in [0.2, 0.25) is 10.0 Å². The van der Waals surface area contributed by atoms with Crippen LogP contribution in [-0.4, -0.2) is 114 Å². The fraction of sp³-hybridized carbons (Fsp3) is 0.500. The Labute approximate surface area is 383 Å². The Morgan fingerprint density at radius 2 is 1.06 bits per heavy atom. The molecule has 4 rings (SSSR count). The number of rotatable bonds is 11. The fourth-order valence-electron chi connectivity index (χ4n) is 6.75. The number of ketones is 2. The summed E-state index contributed by atoms with van der Waals surface area (Å²) in [5.74, 6) is -7.57. The molecule has 2 aliphatic rings. The molecule has 0 aromatic heterocycles. The van der Waals surface area contributed by atoms with E-state index in [4.69, 9.17) is 49.4 Å². The van der Waals surface area contributed by atoms with Crippen LogP contribution >= 0.6 is 34.8 Å². The van der Waals surface area contributed by atoms with Gasteiger partial charge in [0.05, 0.1) is 0 Å². The van der Waals surface area contributed by atoms with Gasteiger partial charge in [0, 0.05) is 48.1 Å². The number of hydrogen-bond acceptors (Lipinski definition) is 11. The molecule has 4 atom stereocenters. The maximum Gasteiger partial charge on any atom is 0.471 e. The van der Waals surface area contributed by atoms with Crippen LogP contribution in [0.3, 0.4) is 0 Å². The molecule has 25 heteroatoms. The van der Waals surface area contributed by atoms with Crippen LogP contribution in [0, 0.1) is 0 Å². The van der Waals surface area contributed by atoms with Crippen molar-refractivity contribution in [2.75, 3.05) is 27.0 Å². The Kier molecular flexibility index (Phi) is 20.8. The zero-order valence-corrected chi connectivity index (χ0v) is 37.3. The molecule has 0 unspecified atom stereocenters. The summed E-state index contributed by atoms with van der Waals surface area (Å²) in [5.41, 5.74) is -1.36. The summed E-state index contributed by atoms with van der Waals surface area (Å²) in [7, 11) is 2.91. The van der Waals surface area contributed by atoms with Crippen molar-refractivity contribution in [2.24, 2.45) is 0 Å². The third-order valence-corrected chi connectivity index (χ3v) is 10.9. The largest absolute Gasteiger partial charge is 0.480 e. The Morgan fingerprint density at radius 1 is 0.677 bits per heavy atom. The van der Waals surface area contributed by atoms with Gasteiger partial charge < -0.3 is 30.0 Å². The molecule has 0 aliphatic heterocycles. The molecule has 4 amide bonds. The third-order valence-electron chi connectivity index (χ3n) is 10.1. The smallest absolute Gasteiger partial charge is 0.471 e. The van der Waals surface area contributed by atoms with E-state index in [9.17, 15) is 64.7 Å². The Hall–Kier alpha value is -5.35. The lowest BCUT2D eigenvalue weighted by Gasteiger charge is -2.43. The number of nitrogens with one attached hydrogen (secondary N) is 2. The molecule has 16 nitrogen and oxygen atoms in total. The second-order valence-electron chi connectivity index (χ2n) is 14.3. The van der Waals surface area contributed by atoms with E-state index in [1.807, 2.05) is 6.07 Å². The van der Waals surface area contributed by atoms with Gasteiger partial charge in [-0.25, -0.2) is 14.4 Å². The maximum atomic E-state index is 12.9. The van der Waals surface area contributed by atoms with E-state index in [2.05, 4.69) is 4.74 Å². The van der Waals surface area contributed by atoms with Crippen molar-refractivity contribution in [3.05, 3.63) is 69.7 Å². The molecular formula is C40H45Cl3F6N4O12. The Morgan fingerprint density at radius 3 is 1.42 bits per heavy atom. The lowest BCUT2D eigenvalue weighted by atomic mass is 9.74. The lowest BCUT2D eigenvalue weighted by molar-refractivity contribution is -0.176. The van der Waals surface area contributed by atoms with Gasteiger partial charge in [0.1, 0.15) is 23.2 Å². The molecule has 0 heterocycles. The van der Waals surface area contributed by atoms with E-state index in [1.165, 1.54) is 22.6 Å². The summed E-state index contributed by atoms with van der Waals surface area (Å²) in [4.78, 5) is 95.5. The van der Waals surface area contributed by atoms with Gasteiger partial charge in [-0.1, -0.05) is 71.2 Å². The molecule has 0 spiro atoms. The van der Waals surface area contributed by atoms with Crippen molar-refractivity contribution >= 4 is 82.3 Å². The first-order valence-corrected chi connectivity index (χ1v) is 20.6. The van der Waals surface area contributed by atoms with E-state index in [0.29, 0.717) is 53.3 Å². The van der Waals surface area contributed by atoms with Crippen molar-refractivity contribution in [1.82, 2.24) is 20.4 Å². The number of carboxylic acids is 1. The standard InChI is InChI=1S/C20H22ClF3N2O6.C15H17Cl2NO3.C5H6F3NO3/c1-12(25-17(29)20(22,23)24)16(28)31-11-32-18(30)26(2)19(10-6-5-9-15(19)27)13-7-3-4-8-14(13)21;1-18(14(20)21-10-16)15(9-5-4-8-13(15)19)11-6-2-3-7-12(11)17;1-2(3(10)11)9-4(12)5(6,7)8/h3-4,7-8,12H,5-6,9-11H2,1-2H3,(H,25,29);2-3,6-7H,4-5,8-10H2,1H3;2H,1H3,(H,9,12)(H,10,11)/t12-,19-;15-;2-/m000/s1. The topological polar surface area (TPSA) is 215 Å². The summed E-state index contributed by atoms with van der Waals surface area (Å²) in [5, 5.41) is 11.6. The molecule has 360 valence electrons. The van der Waals surface area contributed by atoms with Gasteiger partial charge in [-0.05, 0) is 64.5 Å². The summed E-state index contributed by atoms with van der Waals surface area (Å²) in [6.07, 6.45) is -7.36. The summed E-state index contributed by atoms with van der Waals surface area (Å²) < 4.78 is 85.5. The van der Waals surface area contributed by atoms with E-state index in [1.54, 1.807) is 49.5 Å². The van der Waals surface area contributed by atoms with Gasteiger partial charge in [-0.2, -0.15) is 26.3 Å². The van der Waals surface area contributed by atoms with Crippen molar-refractivity contribution < 1.29 is 84.0 Å². The maximum absolute atomic E-state index is 12.9. The number of halogens is 9. The number of aliphatic carboxylic acids is 1. The third kappa shape index (κ3) is 14.6.